The van der Waals surface area contributed by atoms with Crippen molar-refractivity contribution in [1.82, 2.24) is 9.97 Å². The summed E-state index contributed by atoms with van der Waals surface area (Å²) in [5.41, 5.74) is 0. The Labute approximate surface area is 104 Å². The van der Waals surface area contributed by atoms with Gasteiger partial charge >= 0.3 is 0 Å². The molecule has 0 amide bonds. The maximum Gasteiger partial charge on any atom is 0.117 e. The van der Waals surface area contributed by atoms with Crippen LogP contribution in [0.2, 0.25) is 0 Å². The Balaban J connectivity index is 2.63. The van der Waals surface area contributed by atoms with Crippen LogP contribution in [0, 0.1) is 0 Å². The monoisotopic (exact) mass is 260 g/mol. The Kier molecular flexibility index (Phi) is 6.12. The zero-order valence-corrected chi connectivity index (χ0v) is 11.0. The summed E-state index contributed by atoms with van der Waals surface area (Å²) < 4.78 is 0. The van der Waals surface area contributed by atoms with Crippen LogP contribution < -0.4 is 0 Å². The molecule has 1 aromatic rings. The number of thioether (sulfide) groups is 2. The number of hydrogen-bond acceptors (Lipinski definition) is 6. The molecule has 0 saturated carbocycles. The van der Waals surface area contributed by atoms with Gasteiger partial charge in [-0.2, -0.15) is 0 Å². The van der Waals surface area contributed by atoms with Crippen molar-refractivity contribution in [3.05, 3.63) is 12.4 Å². The molecular formula is C10H16N2O2S2. The van der Waals surface area contributed by atoms with Gasteiger partial charge in [-0.1, -0.05) is 13.8 Å². The molecule has 6 heteroatoms. The van der Waals surface area contributed by atoms with Gasteiger partial charge in [0.2, 0.25) is 0 Å². The predicted octanol–water partition coefficient (Wildman–Crippen LogP) is 1.42. The first kappa shape index (κ1) is 13.8. The minimum absolute atomic E-state index is 0.128. The fourth-order valence-electron chi connectivity index (χ4n) is 0.939. The first-order chi connectivity index (χ1) is 7.65. The second-order valence-corrected chi connectivity index (χ2v) is 6.33. The Hall–Kier alpha value is -0.300. The molecule has 2 N–H and O–H groups in total. The third-order valence-corrected chi connectivity index (χ3v) is 3.81. The van der Waals surface area contributed by atoms with Crippen molar-refractivity contribution < 1.29 is 10.2 Å². The maximum atomic E-state index is 8.95. The number of aromatic nitrogens is 2. The van der Waals surface area contributed by atoms with Crippen LogP contribution in [0.25, 0.3) is 0 Å². The highest BCUT2D eigenvalue weighted by Crippen LogP contribution is 2.26. The summed E-state index contributed by atoms with van der Waals surface area (Å²) in [5.74, 6) is 0. The van der Waals surface area contributed by atoms with Crippen molar-refractivity contribution in [3.63, 3.8) is 0 Å². The summed E-state index contributed by atoms with van der Waals surface area (Å²) in [4.78, 5) is 8.25. The van der Waals surface area contributed by atoms with Gasteiger partial charge in [-0.05, 0) is 0 Å². The topological polar surface area (TPSA) is 66.2 Å². The molecule has 0 aliphatic rings. The average Bonchev–Trinajstić information content (AvgIpc) is 2.29. The van der Waals surface area contributed by atoms with Gasteiger partial charge in [-0.15, -0.1) is 23.5 Å². The number of aliphatic hydroxyl groups excluding tert-OH is 2. The highest BCUT2D eigenvalue weighted by atomic mass is 32.2. The van der Waals surface area contributed by atoms with E-state index in [1.54, 1.807) is 0 Å². The molecule has 0 aliphatic heterocycles. The van der Waals surface area contributed by atoms with E-state index in [0.29, 0.717) is 0 Å². The third kappa shape index (κ3) is 4.69. The van der Waals surface area contributed by atoms with Crippen LogP contribution in [-0.2, 0) is 0 Å². The van der Waals surface area contributed by atoms with Gasteiger partial charge < -0.3 is 10.2 Å². The molecule has 16 heavy (non-hydrogen) atoms. The molecule has 0 aliphatic carbocycles. The van der Waals surface area contributed by atoms with Gasteiger partial charge in [0.25, 0.3) is 0 Å². The summed E-state index contributed by atoms with van der Waals surface area (Å²) in [7, 11) is 0. The largest absolute Gasteiger partial charge is 0.395 e. The molecule has 0 aromatic carbocycles. The Bertz CT molecular complexity index is 298. The molecule has 0 saturated heterocycles. The summed E-state index contributed by atoms with van der Waals surface area (Å²) in [6.07, 6.45) is 1.51. The van der Waals surface area contributed by atoms with E-state index < -0.39 is 0 Å². The number of aliphatic hydroxyl groups is 2. The average molecular weight is 260 g/mol. The predicted molar refractivity (Wildman–Crippen MR) is 66.8 cm³/mol. The van der Waals surface area contributed by atoms with E-state index >= 15 is 0 Å². The van der Waals surface area contributed by atoms with E-state index in [9.17, 15) is 0 Å². The van der Waals surface area contributed by atoms with E-state index in [2.05, 4.69) is 9.97 Å². The highest BCUT2D eigenvalue weighted by molar-refractivity contribution is 8.00. The first-order valence-electron chi connectivity index (χ1n) is 5.02. The second kappa shape index (κ2) is 7.11. The zero-order valence-electron chi connectivity index (χ0n) is 9.33. The fourth-order valence-corrected chi connectivity index (χ4v) is 2.56. The quantitative estimate of drug-likeness (QED) is 0.596. The molecule has 0 radical (unpaired) electrons. The fraction of sp³-hybridized carbons (Fsp3) is 0.600. The van der Waals surface area contributed by atoms with Crippen LogP contribution in [-0.4, -0.2) is 43.9 Å². The summed E-state index contributed by atoms with van der Waals surface area (Å²) >= 11 is 3.03. The molecule has 1 heterocycles. The van der Waals surface area contributed by atoms with Crippen molar-refractivity contribution in [2.45, 2.75) is 34.4 Å². The minimum Gasteiger partial charge on any atom is -0.395 e. The molecule has 4 nitrogen and oxygen atoms in total. The van der Waals surface area contributed by atoms with Crippen LogP contribution in [0.1, 0.15) is 13.8 Å². The molecule has 0 fully saturated rings. The van der Waals surface area contributed by atoms with E-state index in [1.807, 2.05) is 19.9 Å². The van der Waals surface area contributed by atoms with Crippen LogP contribution in [0.3, 0.4) is 0 Å². The summed E-state index contributed by atoms with van der Waals surface area (Å²) in [6.45, 7) is 4.14. The lowest BCUT2D eigenvalue weighted by molar-refractivity contribution is 0.300. The molecule has 1 aromatic heterocycles. The van der Waals surface area contributed by atoms with Gasteiger partial charge in [0.1, 0.15) is 16.4 Å². The van der Waals surface area contributed by atoms with Crippen LogP contribution >= 0.6 is 23.5 Å². The van der Waals surface area contributed by atoms with Gasteiger partial charge in [0, 0.05) is 16.6 Å². The minimum atomic E-state index is 0.128. The molecule has 2 atom stereocenters. The highest BCUT2D eigenvalue weighted by Gasteiger charge is 2.08. The SMILES string of the molecule is CC(CO)Sc1cc(SC(C)CO)ncn1. The van der Waals surface area contributed by atoms with Crippen LogP contribution in [0.15, 0.2) is 22.4 Å². The van der Waals surface area contributed by atoms with E-state index in [4.69, 9.17) is 10.2 Å². The van der Waals surface area contributed by atoms with Crippen LogP contribution in [0.4, 0.5) is 0 Å². The molecule has 0 bridgehead atoms. The smallest absolute Gasteiger partial charge is 0.117 e. The summed E-state index contributed by atoms with van der Waals surface area (Å²) in [6, 6.07) is 1.88. The van der Waals surface area contributed by atoms with Crippen molar-refractivity contribution in [3.8, 4) is 0 Å². The molecule has 2 unspecified atom stereocenters. The lowest BCUT2D eigenvalue weighted by Crippen LogP contribution is -2.04. The van der Waals surface area contributed by atoms with Gasteiger partial charge in [-0.25, -0.2) is 9.97 Å². The van der Waals surface area contributed by atoms with Gasteiger partial charge in [-0.3, -0.25) is 0 Å². The number of rotatable bonds is 6. The lowest BCUT2D eigenvalue weighted by Gasteiger charge is -2.09. The van der Waals surface area contributed by atoms with Crippen molar-refractivity contribution in [2.24, 2.45) is 0 Å². The van der Waals surface area contributed by atoms with Crippen LogP contribution in [0.5, 0.6) is 0 Å². The molecule has 90 valence electrons. The molecular weight excluding hydrogens is 244 g/mol. The van der Waals surface area contributed by atoms with E-state index in [1.165, 1.54) is 29.9 Å². The standard InChI is InChI=1S/C10H16N2O2S2/c1-7(4-13)15-9-3-10(12-6-11-9)16-8(2)5-14/h3,6-8,13-14H,4-5H2,1-2H3. The first-order valence-corrected chi connectivity index (χ1v) is 6.78. The summed E-state index contributed by atoms with van der Waals surface area (Å²) in [5, 5.41) is 19.9. The molecule has 1 rings (SSSR count). The van der Waals surface area contributed by atoms with Gasteiger partial charge in [0.15, 0.2) is 0 Å². The van der Waals surface area contributed by atoms with Crippen molar-refractivity contribution in [1.29, 1.82) is 0 Å². The maximum absolute atomic E-state index is 8.95. The Morgan fingerprint density at radius 3 is 1.88 bits per heavy atom. The van der Waals surface area contributed by atoms with Gasteiger partial charge in [0.05, 0.1) is 13.2 Å². The van der Waals surface area contributed by atoms with E-state index in [0.717, 1.165) is 10.1 Å². The third-order valence-electron chi connectivity index (χ3n) is 1.77. The van der Waals surface area contributed by atoms with Crippen molar-refractivity contribution >= 4 is 23.5 Å². The zero-order chi connectivity index (χ0) is 12.0. The normalized spacial score (nSPS) is 14.8. The number of nitrogens with zero attached hydrogens (tertiary/aromatic N) is 2. The lowest BCUT2D eigenvalue weighted by atomic mass is 10.5. The van der Waals surface area contributed by atoms with Crippen molar-refractivity contribution in [2.75, 3.05) is 13.2 Å². The second-order valence-electron chi connectivity index (χ2n) is 3.42. The molecule has 0 spiro atoms. The van der Waals surface area contributed by atoms with E-state index in [-0.39, 0.29) is 23.7 Å². The Morgan fingerprint density at radius 2 is 1.50 bits per heavy atom. The Morgan fingerprint density at radius 1 is 1.06 bits per heavy atom. The number of hydrogen-bond donors (Lipinski definition) is 2.